The lowest BCUT2D eigenvalue weighted by molar-refractivity contribution is -0.133. The Kier molecular flexibility index (Phi) is 3.34. The van der Waals surface area contributed by atoms with Gasteiger partial charge in [0.25, 0.3) is 0 Å². The fourth-order valence-corrected chi connectivity index (χ4v) is 3.20. The maximum absolute atomic E-state index is 12.0. The first-order chi connectivity index (χ1) is 6.79. The molecule has 1 amide bonds. The normalized spacial score (nSPS) is 28.2. The summed E-state index contributed by atoms with van der Waals surface area (Å²) >= 11 is 1.81. The van der Waals surface area contributed by atoms with E-state index in [2.05, 4.69) is 5.32 Å². The molecule has 2 aliphatic rings. The highest BCUT2D eigenvalue weighted by atomic mass is 32.2. The summed E-state index contributed by atoms with van der Waals surface area (Å²) in [5.74, 6) is 2.16. The molecular formula is C10H18N2OS. The molecule has 1 atom stereocenters. The second-order valence-electron chi connectivity index (χ2n) is 4.16. The fraction of sp³-hybridized carbons (Fsp3) is 0.900. The third-order valence-electron chi connectivity index (χ3n) is 3.23. The van der Waals surface area contributed by atoms with E-state index in [-0.39, 0.29) is 6.04 Å². The van der Waals surface area contributed by atoms with Gasteiger partial charge in [-0.3, -0.25) is 10.1 Å². The van der Waals surface area contributed by atoms with E-state index in [1.165, 1.54) is 25.7 Å². The van der Waals surface area contributed by atoms with Crippen molar-refractivity contribution in [1.29, 1.82) is 0 Å². The molecule has 1 saturated heterocycles. The molecule has 1 unspecified atom stereocenters. The van der Waals surface area contributed by atoms with Crippen LogP contribution in [0, 0.1) is 0 Å². The second-order valence-corrected chi connectivity index (χ2v) is 5.19. The van der Waals surface area contributed by atoms with Crippen LogP contribution >= 0.6 is 11.8 Å². The van der Waals surface area contributed by atoms with E-state index in [1.54, 1.807) is 0 Å². The molecule has 0 aromatic carbocycles. The van der Waals surface area contributed by atoms with Gasteiger partial charge in [-0.1, -0.05) is 12.8 Å². The van der Waals surface area contributed by atoms with Crippen LogP contribution in [-0.4, -0.2) is 41.6 Å². The number of hydrogen-bond donors (Lipinski definition) is 1. The van der Waals surface area contributed by atoms with Gasteiger partial charge in [0.15, 0.2) is 0 Å². The summed E-state index contributed by atoms with van der Waals surface area (Å²) in [5.41, 5.74) is 0. The zero-order valence-electron chi connectivity index (χ0n) is 8.66. The minimum Gasteiger partial charge on any atom is -0.341 e. The van der Waals surface area contributed by atoms with Gasteiger partial charge in [-0.15, -0.1) is 11.8 Å². The van der Waals surface area contributed by atoms with Crippen LogP contribution in [0.15, 0.2) is 0 Å². The lowest BCUT2D eigenvalue weighted by Gasteiger charge is -2.26. The van der Waals surface area contributed by atoms with Gasteiger partial charge in [-0.25, -0.2) is 0 Å². The number of rotatable bonds is 2. The van der Waals surface area contributed by atoms with Crippen LogP contribution in [0.25, 0.3) is 0 Å². The molecule has 14 heavy (non-hydrogen) atoms. The predicted octanol–water partition coefficient (Wildman–Crippen LogP) is 1.05. The van der Waals surface area contributed by atoms with Gasteiger partial charge >= 0.3 is 0 Å². The summed E-state index contributed by atoms with van der Waals surface area (Å²) in [7, 11) is 1.96. The Morgan fingerprint density at radius 2 is 2.14 bits per heavy atom. The molecule has 1 aliphatic heterocycles. The summed E-state index contributed by atoms with van der Waals surface area (Å²) < 4.78 is 0. The number of amides is 1. The van der Waals surface area contributed by atoms with E-state index in [9.17, 15) is 4.79 Å². The van der Waals surface area contributed by atoms with Crippen LogP contribution in [0.1, 0.15) is 25.7 Å². The number of carbonyl (C=O) groups excluding carboxylic acids is 1. The van der Waals surface area contributed by atoms with Crippen molar-refractivity contribution in [3.8, 4) is 0 Å². The number of likely N-dealkylation sites (N-methyl/N-ethyl adjacent to an activating group) is 1. The van der Waals surface area contributed by atoms with Crippen molar-refractivity contribution in [3.05, 3.63) is 0 Å². The van der Waals surface area contributed by atoms with Crippen molar-refractivity contribution in [3.63, 3.8) is 0 Å². The maximum Gasteiger partial charge on any atom is 0.240 e. The molecule has 0 aromatic heterocycles. The molecule has 1 heterocycles. The number of thioether (sulfide) groups is 1. The highest BCUT2D eigenvalue weighted by molar-refractivity contribution is 7.99. The van der Waals surface area contributed by atoms with Crippen molar-refractivity contribution in [1.82, 2.24) is 10.2 Å². The monoisotopic (exact) mass is 214 g/mol. The molecule has 0 spiro atoms. The summed E-state index contributed by atoms with van der Waals surface area (Å²) in [4.78, 5) is 14.0. The van der Waals surface area contributed by atoms with E-state index >= 15 is 0 Å². The van der Waals surface area contributed by atoms with Crippen LogP contribution in [-0.2, 0) is 4.79 Å². The highest BCUT2D eigenvalue weighted by Crippen LogP contribution is 2.23. The smallest absolute Gasteiger partial charge is 0.240 e. The first-order valence-electron chi connectivity index (χ1n) is 5.37. The van der Waals surface area contributed by atoms with Crippen LogP contribution in [0.2, 0.25) is 0 Å². The van der Waals surface area contributed by atoms with E-state index in [0.717, 1.165) is 11.6 Å². The minimum atomic E-state index is 0.0746. The van der Waals surface area contributed by atoms with E-state index in [4.69, 9.17) is 0 Å². The van der Waals surface area contributed by atoms with Gasteiger partial charge in [-0.2, -0.15) is 0 Å². The number of nitrogens with zero attached hydrogens (tertiary/aromatic N) is 1. The average molecular weight is 214 g/mol. The van der Waals surface area contributed by atoms with Crippen LogP contribution in [0.4, 0.5) is 0 Å². The largest absolute Gasteiger partial charge is 0.341 e. The molecule has 1 aliphatic carbocycles. The van der Waals surface area contributed by atoms with Crippen molar-refractivity contribution in [2.75, 3.05) is 18.7 Å². The Morgan fingerprint density at radius 3 is 2.71 bits per heavy atom. The molecule has 2 fully saturated rings. The van der Waals surface area contributed by atoms with Crippen LogP contribution in [0.5, 0.6) is 0 Å². The molecule has 1 N–H and O–H groups in total. The molecule has 0 bridgehead atoms. The van der Waals surface area contributed by atoms with Gasteiger partial charge in [-0.05, 0) is 12.8 Å². The lowest BCUT2D eigenvalue weighted by Crippen LogP contribution is -2.46. The van der Waals surface area contributed by atoms with Gasteiger partial charge in [0.2, 0.25) is 5.91 Å². The quantitative estimate of drug-likeness (QED) is 0.746. The fourth-order valence-electron chi connectivity index (χ4n) is 2.27. The topological polar surface area (TPSA) is 32.3 Å². The van der Waals surface area contributed by atoms with Gasteiger partial charge in [0.05, 0.1) is 6.04 Å². The number of nitrogens with one attached hydrogen (secondary N) is 1. The van der Waals surface area contributed by atoms with Crippen molar-refractivity contribution in [2.24, 2.45) is 0 Å². The Bertz CT molecular complexity index is 210. The summed E-state index contributed by atoms with van der Waals surface area (Å²) in [6, 6.07) is 0.584. The first-order valence-corrected chi connectivity index (χ1v) is 6.52. The zero-order chi connectivity index (χ0) is 9.97. The van der Waals surface area contributed by atoms with Gasteiger partial charge < -0.3 is 4.90 Å². The highest BCUT2D eigenvalue weighted by Gasteiger charge is 2.30. The third-order valence-corrected chi connectivity index (χ3v) is 4.17. The molecule has 1 saturated carbocycles. The molecule has 80 valence electrons. The SMILES string of the molecule is CN(C(=O)C1CSCN1)C1CCCC1. The van der Waals surface area contributed by atoms with Gasteiger partial charge in [0.1, 0.15) is 0 Å². The molecular weight excluding hydrogens is 196 g/mol. The minimum absolute atomic E-state index is 0.0746. The van der Waals surface area contributed by atoms with E-state index in [1.807, 2.05) is 23.7 Å². The summed E-state index contributed by atoms with van der Waals surface area (Å²) in [5, 5.41) is 3.23. The van der Waals surface area contributed by atoms with Gasteiger partial charge in [0, 0.05) is 24.7 Å². The second kappa shape index (κ2) is 4.53. The predicted molar refractivity (Wildman–Crippen MR) is 59.3 cm³/mol. The molecule has 0 radical (unpaired) electrons. The third kappa shape index (κ3) is 2.06. The maximum atomic E-state index is 12.0. The molecule has 0 aromatic rings. The standard InChI is InChI=1S/C10H18N2OS/c1-12(8-4-2-3-5-8)10(13)9-6-14-7-11-9/h8-9,11H,2-7H2,1H3. The number of hydrogen-bond acceptors (Lipinski definition) is 3. The lowest BCUT2D eigenvalue weighted by atomic mass is 10.2. The Labute approximate surface area is 89.6 Å². The van der Waals surface area contributed by atoms with Crippen molar-refractivity contribution in [2.45, 2.75) is 37.8 Å². The van der Waals surface area contributed by atoms with Crippen molar-refractivity contribution < 1.29 is 4.79 Å². The Balaban J connectivity index is 1.89. The van der Waals surface area contributed by atoms with Crippen LogP contribution in [0.3, 0.4) is 0 Å². The molecule has 3 nitrogen and oxygen atoms in total. The van der Waals surface area contributed by atoms with E-state index in [0.29, 0.717) is 11.9 Å². The molecule has 4 heteroatoms. The zero-order valence-corrected chi connectivity index (χ0v) is 9.48. The van der Waals surface area contributed by atoms with E-state index < -0.39 is 0 Å². The summed E-state index contributed by atoms with van der Waals surface area (Å²) in [6.07, 6.45) is 4.97. The first kappa shape index (κ1) is 10.3. The Hall–Kier alpha value is -0.220. The average Bonchev–Trinajstić information content (AvgIpc) is 2.87. The van der Waals surface area contributed by atoms with Crippen molar-refractivity contribution >= 4 is 17.7 Å². The van der Waals surface area contributed by atoms with Crippen LogP contribution < -0.4 is 5.32 Å². The molecule has 2 rings (SSSR count). The summed E-state index contributed by atoms with van der Waals surface area (Å²) in [6.45, 7) is 0. The number of carbonyl (C=O) groups is 1. The Morgan fingerprint density at radius 1 is 1.43 bits per heavy atom.